The summed E-state index contributed by atoms with van der Waals surface area (Å²) in [4.78, 5) is 32.6. The standard InChI is InChI=1S/C27H30N4O3/c1-14-10-20(16(3)28-23-7-5-4-6-19(23)27(33)34)25-29-24(15(2)26(32)31(25)11-14)30-12-21-17-8-9-18(17)22(21)13-30/h4-7,10-11,16-18,21-22,28H,8-9,12-13H2,1-3H3,(H,33,34)/t16-,17?,18?,21?,22?/m1/s1. The first-order chi connectivity index (χ1) is 16.3. The van der Waals surface area contributed by atoms with E-state index in [1.54, 1.807) is 22.6 Å². The Morgan fingerprint density at radius 2 is 1.79 bits per heavy atom. The summed E-state index contributed by atoms with van der Waals surface area (Å²) in [6.07, 6.45) is 4.56. The molecule has 34 heavy (non-hydrogen) atoms. The van der Waals surface area contributed by atoms with Crippen LogP contribution in [-0.4, -0.2) is 33.6 Å². The lowest BCUT2D eigenvalue weighted by Crippen LogP contribution is -2.52. The Morgan fingerprint density at radius 1 is 1.12 bits per heavy atom. The molecule has 2 aromatic heterocycles. The molecule has 7 heteroatoms. The molecule has 7 nitrogen and oxygen atoms in total. The number of carboxylic acid groups (broad SMARTS) is 1. The summed E-state index contributed by atoms with van der Waals surface area (Å²) in [7, 11) is 0. The molecule has 3 fully saturated rings. The number of rotatable bonds is 5. The van der Waals surface area contributed by atoms with E-state index in [1.165, 1.54) is 12.8 Å². The first kappa shape index (κ1) is 21.2. The van der Waals surface area contributed by atoms with Crippen molar-refractivity contribution < 1.29 is 9.90 Å². The first-order valence-corrected chi connectivity index (χ1v) is 12.2. The van der Waals surface area contributed by atoms with E-state index in [1.807, 2.05) is 39.1 Å². The highest BCUT2D eigenvalue weighted by molar-refractivity contribution is 5.94. The average Bonchev–Trinajstić information content (AvgIpc) is 3.15. The summed E-state index contributed by atoms with van der Waals surface area (Å²) < 4.78 is 1.65. The third-order valence-corrected chi connectivity index (χ3v) is 8.48. The Morgan fingerprint density at radius 3 is 2.44 bits per heavy atom. The summed E-state index contributed by atoms with van der Waals surface area (Å²) in [5.41, 5.74) is 3.88. The lowest BCUT2D eigenvalue weighted by molar-refractivity contribution is -0.0699. The molecule has 4 unspecified atom stereocenters. The number of pyridine rings is 1. The summed E-state index contributed by atoms with van der Waals surface area (Å²) in [6, 6.07) is 8.67. The van der Waals surface area contributed by atoms with Crippen LogP contribution in [-0.2, 0) is 0 Å². The molecule has 0 radical (unpaired) electrons. The Labute approximate surface area is 198 Å². The highest BCUT2D eigenvalue weighted by Gasteiger charge is 2.58. The van der Waals surface area contributed by atoms with Crippen LogP contribution < -0.4 is 15.8 Å². The van der Waals surface area contributed by atoms with E-state index >= 15 is 0 Å². The number of aryl methyl sites for hydroxylation is 1. The Kier molecular flexibility index (Phi) is 4.73. The molecule has 3 aromatic rings. The van der Waals surface area contributed by atoms with Crippen molar-refractivity contribution in [2.75, 3.05) is 23.3 Å². The lowest BCUT2D eigenvalue weighted by Gasteiger charge is -2.56. The zero-order chi connectivity index (χ0) is 23.7. The summed E-state index contributed by atoms with van der Waals surface area (Å²) >= 11 is 0. The number of anilines is 2. The number of para-hydroxylation sites is 1. The quantitative estimate of drug-likeness (QED) is 0.594. The number of benzene rings is 1. The number of aromatic nitrogens is 2. The van der Waals surface area contributed by atoms with E-state index in [2.05, 4.69) is 10.2 Å². The van der Waals surface area contributed by atoms with Gasteiger partial charge in [0.15, 0.2) is 0 Å². The van der Waals surface area contributed by atoms with Crippen LogP contribution >= 0.6 is 0 Å². The molecule has 0 spiro atoms. The minimum absolute atomic E-state index is 0.0368. The van der Waals surface area contributed by atoms with Crippen molar-refractivity contribution in [3.8, 4) is 0 Å². The van der Waals surface area contributed by atoms with Gasteiger partial charge in [0, 0.05) is 30.5 Å². The van der Waals surface area contributed by atoms with Gasteiger partial charge < -0.3 is 15.3 Å². The van der Waals surface area contributed by atoms with Crippen LogP contribution in [0.15, 0.2) is 41.3 Å². The minimum Gasteiger partial charge on any atom is -0.478 e. The van der Waals surface area contributed by atoms with Gasteiger partial charge in [-0.1, -0.05) is 12.1 Å². The van der Waals surface area contributed by atoms with Crippen molar-refractivity contribution in [3.05, 3.63) is 69.1 Å². The normalized spacial score (nSPS) is 25.8. The molecular weight excluding hydrogens is 428 g/mol. The third-order valence-electron chi connectivity index (χ3n) is 8.48. The van der Waals surface area contributed by atoms with Crippen LogP contribution in [0.3, 0.4) is 0 Å². The van der Waals surface area contributed by atoms with Crippen LogP contribution in [0.25, 0.3) is 5.65 Å². The number of nitrogens with one attached hydrogen (secondary N) is 1. The molecule has 0 bridgehead atoms. The third kappa shape index (κ3) is 3.06. The van der Waals surface area contributed by atoms with E-state index in [0.29, 0.717) is 16.9 Å². The highest BCUT2D eigenvalue weighted by atomic mass is 16.4. The molecule has 176 valence electrons. The maximum atomic E-state index is 13.5. The maximum absolute atomic E-state index is 13.5. The van der Waals surface area contributed by atoms with Gasteiger partial charge >= 0.3 is 5.97 Å². The second-order valence-electron chi connectivity index (χ2n) is 10.4. The number of nitrogens with zero attached hydrogens (tertiary/aromatic N) is 3. The van der Waals surface area contributed by atoms with Crippen LogP contribution in [0.1, 0.15) is 52.9 Å². The average molecular weight is 459 g/mol. The minimum atomic E-state index is -0.978. The topological polar surface area (TPSA) is 86.9 Å². The molecule has 2 aliphatic carbocycles. The van der Waals surface area contributed by atoms with Gasteiger partial charge in [-0.3, -0.25) is 9.20 Å². The van der Waals surface area contributed by atoms with E-state index in [0.717, 1.165) is 53.7 Å². The molecule has 3 aliphatic rings. The van der Waals surface area contributed by atoms with Gasteiger partial charge in [0.25, 0.3) is 5.56 Å². The molecule has 0 amide bonds. The summed E-state index contributed by atoms with van der Waals surface area (Å²) in [5.74, 6) is 3.10. The highest BCUT2D eigenvalue weighted by Crippen LogP contribution is 2.61. The van der Waals surface area contributed by atoms with Crippen LogP contribution in [0, 0.1) is 37.5 Å². The van der Waals surface area contributed by atoms with Crippen molar-refractivity contribution in [2.24, 2.45) is 23.7 Å². The fourth-order valence-electron chi connectivity index (χ4n) is 6.62. The van der Waals surface area contributed by atoms with Gasteiger partial charge in [0.2, 0.25) is 0 Å². The largest absolute Gasteiger partial charge is 0.478 e. The molecule has 2 N–H and O–H groups in total. The zero-order valence-corrected chi connectivity index (χ0v) is 19.8. The molecule has 5 atom stereocenters. The predicted molar refractivity (Wildman–Crippen MR) is 132 cm³/mol. The van der Waals surface area contributed by atoms with Crippen LogP contribution in [0.5, 0.6) is 0 Å². The molecule has 6 rings (SSSR count). The molecule has 1 aliphatic heterocycles. The van der Waals surface area contributed by atoms with Crippen molar-refractivity contribution >= 4 is 23.1 Å². The van der Waals surface area contributed by atoms with Gasteiger partial charge in [0.05, 0.1) is 17.2 Å². The van der Waals surface area contributed by atoms with Gasteiger partial charge in [-0.25, -0.2) is 9.78 Å². The van der Waals surface area contributed by atoms with E-state index in [-0.39, 0.29) is 17.2 Å². The zero-order valence-electron chi connectivity index (χ0n) is 19.8. The van der Waals surface area contributed by atoms with Crippen molar-refractivity contribution in [2.45, 2.75) is 39.7 Å². The lowest BCUT2D eigenvalue weighted by atomic mass is 9.48. The fraction of sp³-hybridized carbons (Fsp3) is 0.444. The second-order valence-corrected chi connectivity index (χ2v) is 10.4. The van der Waals surface area contributed by atoms with Gasteiger partial charge in [0.1, 0.15) is 11.5 Å². The van der Waals surface area contributed by atoms with Crippen LogP contribution in [0.2, 0.25) is 0 Å². The van der Waals surface area contributed by atoms with Crippen LogP contribution in [0.4, 0.5) is 11.5 Å². The maximum Gasteiger partial charge on any atom is 0.337 e. The monoisotopic (exact) mass is 458 g/mol. The van der Waals surface area contributed by atoms with Gasteiger partial charge in [-0.2, -0.15) is 0 Å². The molecule has 1 saturated heterocycles. The smallest absolute Gasteiger partial charge is 0.337 e. The molecule has 3 heterocycles. The summed E-state index contributed by atoms with van der Waals surface area (Å²) in [6.45, 7) is 7.82. The molecule has 2 saturated carbocycles. The van der Waals surface area contributed by atoms with Gasteiger partial charge in [-0.15, -0.1) is 0 Å². The number of hydrogen-bond acceptors (Lipinski definition) is 5. The second kappa shape index (κ2) is 7.58. The van der Waals surface area contributed by atoms with Crippen molar-refractivity contribution in [3.63, 3.8) is 0 Å². The first-order valence-electron chi connectivity index (χ1n) is 12.2. The van der Waals surface area contributed by atoms with Gasteiger partial charge in [-0.05, 0) is 81.0 Å². The fourth-order valence-corrected chi connectivity index (χ4v) is 6.62. The SMILES string of the molecule is Cc1cc([C@@H](C)Nc2ccccc2C(=O)O)c2nc(N3CC4C5CCC5C4C3)c(C)c(=O)n2c1. The van der Waals surface area contributed by atoms with E-state index in [9.17, 15) is 14.7 Å². The van der Waals surface area contributed by atoms with Crippen molar-refractivity contribution in [1.29, 1.82) is 0 Å². The summed E-state index contributed by atoms with van der Waals surface area (Å²) in [5, 5.41) is 12.9. The van der Waals surface area contributed by atoms with Crippen molar-refractivity contribution in [1.82, 2.24) is 9.38 Å². The van der Waals surface area contributed by atoms with E-state index in [4.69, 9.17) is 4.98 Å². The number of carboxylic acids is 1. The number of aromatic carboxylic acids is 1. The Hall–Kier alpha value is -3.35. The Bertz CT molecular complexity index is 1360. The number of carbonyl (C=O) groups is 1. The predicted octanol–water partition coefficient (Wildman–Crippen LogP) is 4.27. The number of hydrogen-bond donors (Lipinski definition) is 2. The molecular formula is C27H30N4O3. The number of fused-ring (bicyclic) bond motifs is 5. The Balaban J connectivity index is 1.41. The molecule has 1 aromatic carbocycles. The van der Waals surface area contributed by atoms with E-state index < -0.39 is 5.97 Å².